The quantitative estimate of drug-likeness (QED) is 0.507. The number of sulfonamides is 1. The molecule has 0 saturated carbocycles. The maximum Gasteiger partial charge on any atom is 0.280 e. The van der Waals surface area contributed by atoms with Crippen molar-refractivity contribution in [1.82, 2.24) is 4.31 Å². The number of nitrogens with zero attached hydrogens (tertiary/aromatic N) is 1. The molecule has 0 spiro atoms. The van der Waals surface area contributed by atoms with E-state index in [9.17, 15) is 13.2 Å². The van der Waals surface area contributed by atoms with Crippen LogP contribution in [0.15, 0.2) is 77.7 Å². The summed E-state index contributed by atoms with van der Waals surface area (Å²) in [7, 11) is -1.17. The third kappa shape index (κ3) is 3.67. The zero-order chi connectivity index (χ0) is 22.9. The van der Waals surface area contributed by atoms with E-state index in [0.717, 1.165) is 9.87 Å². The van der Waals surface area contributed by atoms with Crippen LogP contribution < -0.4 is 14.2 Å². The SMILES string of the molecule is COc1cccc(C2C(Oc3ccccc3)C(=O)N2S(=O)(=O)c2ccc(C)cc2)c1OC. The summed E-state index contributed by atoms with van der Waals surface area (Å²) < 4.78 is 44.6. The van der Waals surface area contributed by atoms with Crippen molar-refractivity contribution in [3.05, 3.63) is 83.9 Å². The summed E-state index contributed by atoms with van der Waals surface area (Å²) in [5.41, 5.74) is 1.39. The van der Waals surface area contributed by atoms with Gasteiger partial charge in [0, 0.05) is 5.56 Å². The van der Waals surface area contributed by atoms with E-state index in [4.69, 9.17) is 14.2 Å². The molecule has 0 aliphatic carbocycles. The van der Waals surface area contributed by atoms with Gasteiger partial charge < -0.3 is 14.2 Å². The predicted octanol–water partition coefficient (Wildman–Crippen LogP) is 3.73. The van der Waals surface area contributed by atoms with Crippen molar-refractivity contribution in [3.8, 4) is 17.2 Å². The van der Waals surface area contributed by atoms with Gasteiger partial charge in [0.2, 0.25) is 6.10 Å². The largest absolute Gasteiger partial charge is 0.493 e. The summed E-state index contributed by atoms with van der Waals surface area (Å²) >= 11 is 0. The monoisotopic (exact) mass is 453 g/mol. The van der Waals surface area contributed by atoms with Crippen molar-refractivity contribution in [3.63, 3.8) is 0 Å². The molecule has 2 unspecified atom stereocenters. The van der Waals surface area contributed by atoms with Crippen LogP contribution in [0.25, 0.3) is 0 Å². The minimum absolute atomic E-state index is 0.0291. The zero-order valence-corrected chi connectivity index (χ0v) is 18.7. The second-order valence-corrected chi connectivity index (χ2v) is 9.15. The summed E-state index contributed by atoms with van der Waals surface area (Å²) in [4.78, 5) is 13.2. The summed E-state index contributed by atoms with van der Waals surface area (Å²) in [6.07, 6.45) is -1.04. The smallest absolute Gasteiger partial charge is 0.280 e. The third-order valence-electron chi connectivity index (χ3n) is 5.34. The van der Waals surface area contributed by atoms with Gasteiger partial charge in [-0.15, -0.1) is 0 Å². The number of methoxy groups -OCH3 is 2. The molecular weight excluding hydrogens is 430 g/mol. The van der Waals surface area contributed by atoms with Gasteiger partial charge in [-0.1, -0.05) is 48.0 Å². The molecule has 8 heteroatoms. The molecular formula is C24H23NO6S. The Hall–Kier alpha value is -3.52. The lowest BCUT2D eigenvalue weighted by molar-refractivity contribution is -0.153. The van der Waals surface area contributed by atoms with Crippen LogP contribution in [-0.4, -0.2) is 39.0 Å². The Bertz CT molecular complexity index is 1230. The molecule has 32 heavy (non-hydrogen) atoms. The minimum Gasteiger partial charge on any atom is -0.493 e. The molecule has 3 aromatic rings. The number of carbonyl (C=O) groups is 1. The van der Waals surface area contributed by atoms with Gasteiger partial charge in [0.25, 0.3) is 15.9 Å². The fraction of sp³-hybridized carbons (Fsp3) is 0.208. The first-order valence-electron chi connectivity index (χ1n) is 9.96. The summed E-state index contributed by atoms with van der Waals surface area (Å²) in [5, 5.41) is 0. The Morgan fingerprint density at radius 2 is 1.53 bits per heavy atom. The van der Waals surface area contributed by atoms with E-state index in [-0.39, 0.29) is 4.90 Å². The van der Waals surface area contributed by atoms with Crippen molar-refractivity contribution in [2.24, 2.45) is 0 Å². The normalized spacial score (nSPS) is 18.1. The van der Waals surface area contributed by atoms with Crippen LogP contribution >= 0.6 is 0 Å². The Kier molecular flexibility index (Phi) is 5.80. The number of hydrogen-bond acceptors (Lipinski definition) is 6. The van der Waals surface area contributed by atoms with Crippen LogP contribution in [0.1, 0.15) is 17.2 Å². The number of ether oxygens (including phenoxy) is 3. The fourth-order valence-electron chi connectivity index (χ4n) is 3.72. The molecule has 1 aliphatic rings. The number of hydrogen-bond donors (Lipinski definition) is 0. The van der Waals surface area contributed by atoms with E-state index in [1.165, 1.54) is 26.4 Å². The number of rotatable bonds is 7. The first kappa shape index (κ1) is 21.7. The molecule has 3 aromatic carbocycles. The number of β-lactam (4-membered cyclic amide) rings is 1. The number of benzene rings is 3. The molecule has 0 bridgehead atoms. The summed E-state index contributed by atoms with van der Waals surface area (Å²) in [6.45, 7) is 1.86. The Labute approximate surface area is 187 Å². The summed E-state index contributed by atoms with van der Waals surface area (Å²) in [5.74, 6) is 0.586. The summed E-state index contributed by atoms with van der Waals surface area (Å²) in [6, 6.07) is 19.4. The average molecular weight is 454 g/mol. The highest BCUT2D eigenvalue weighted by Crippen LogP contribution is 2.47. The van der Waals surface area contributed by atoms with Crippen molar-refractivity contribution >= 4 is 15.9 Å². The third-order valence-corrected chi connectivity index (χ3v) is 7.13. The van der Waals surface area contributed by atoms with Gasteiger partial charge in [-0.3, -0.25) is 4.79 Å². The van der Waals surface area contributed by atoms with Crippen LogP contribution in [0.2, 0.25) is 0 Å². The second-order valence-electron chi connectivity index (χ2n) is 7.33. The average Bonchev–Trinajstić information content (AvgIpc) is 2.81. The van der Waals surface area contributed by atoms with Crippen molar-refractivity contribution < 1.29 is 27.4 Å². The molecule has 166 valence electrons. The van der Waals surface area contributed by atoms with Crippen LogP contribution in [0.3, 0.4) is 0 Å². The zero-order valence-electron chi connectivity index (χ0n) is 17.9. The van der Waals surface area contributed by atoms with E-state index >= 15 is 0 Å². The maximum absolute atomic E-state index is 13.4. The molecule has 0 radical (unpaired) electrons. The number of carbonyl (C=O) groups excluding carboxylic acids is 1. The lowest BCUT2D eigenvalue weighted by atomic mass is 9.92. The molecule has 2 atom stereocenters. The van der Waals surface area contributed by atoms with Gasteiger partial charge in [-0.25, -0.2) is 12.7 Å². The Morgan fingerprint density at radius 3 is 2.16 bits per heavy atom. The van der Waals surface area contributed by atoms with Crippen LogP contribution in [0.5, 0.6) is 17.2 Å². The first-order chi connectivity index (χ1) is 15.4. The second kappa shape index (κ2) is 8.55. The molecule has 1 saturated heterocycles. The number of para-hydroxylation sites is 2. The molecule has 7 nitrogen and oxygen atoms in total. The van der Waals surface area contributed by atoms with Gasteiger partial charge in [0.05, 0.1) is 19.1 Å². The van der Waals surface area contributed by atoms with E-state index < -0.39 is 28.1 Å². The van der Waals surface area contributed by atoms with Gasteiger partial charge in [-0.2, -0.15) is 0 Å². The highest BCUT2D eigenvalue weighted by atomic mass is 32.2. The van der Waals surface area contributed by atoms with E-state index in [0.29, 0.717) is 22.8 Å². The van der Waals surface area contributed by atoms with Gasteiger partial charge in [0.1, 0.15) is 11.8 Å². The number of aryl methyl sites for hydroxylation is 1. The molecule has 4 rings (SSSR count). The van der Waals surface area contributed by atoms with E-state index in [1.54, 1.807) is 54.6 Å². The minimum atomic E-state index is -4.13. The highest BCUT2D eigenvalue weighted by molar-refractivity contribution is 7.89. The Morgan fingerprint density at radius 1 is 0.844 bits per heavy atom. The molecule has 1 amide bonds. The van der Waals surface area contributed by atoms with Gasteiger partial charge in [-0.05, 0) is 37.3 Å². The van der Waals surface area contributed by atoms with Gasteiger partial charge in [0.15, 0.2) is 11.5 Å². The first-order valence-corrected chi connectivity index (χ1v) is 11.4. The molecule has 1 aliphatic heterocycles. The predicted molar refractivity (Wildman–Crippen MR) is 118 cm³/mol. The maximum atomic E-state index is 13.4. The van der Waals surface area contributed by atoms with Crippen molar-refractivity contribution in [2.75, 3.05) is 14.2 Å². The van der Waals surface area contributed by atoms with Crippen LogP contribution in [-0.2, 0) is 14.8 Å². The topological polar surface area (TPSA) is 82.1 Å². The highest BCUT2D eigenvalue weighted by Gasteiger charge is 2.57. The fourth-order valence-corrected chi connectivity index (χ4v) is 5.30. The lowest BCUT2D eigenvalue weighted by Gasteiger charge is -2.45. The van der Waals surface area contributed by atoms with E-state index in [1.807, 2.05) is 13.0 Å². The molecule has 1 fully saturated rings. The lowest BCUT2D eigenvalue weighted by Crippen LogP contribution is -2.63. The molecule has 0 N–H and O–H groups in total. The van der Waals surface area contributed by atoms with Crippen LogP contribution in [0.4, 0.5) is 0 Å². The molecule has 1 heterocycles. The number of amides is 1. The van der Waals surface area contributed by atoms with Crippen molar-refractivity contribution in [1.29, 1.82) is 0 Å². The van der Waals surface area contributed by atoms with Gasteiger partial charge >= 0.3 is 0 Å². The van der Waals surface area contributed by atoms with Crippen molar-refractivity contribution in [2.45, 2.75) is 24.0 Å². The van der Waals surface area contributed by atoms with E-state index in [2.05, 4.69) is 0 Å². The Balaban J connectivity index is 1.81. The van der Waals surface area contributed by atoms with Crippen LogP contribution in [0, 0.1) is 6.92 Å². The standard InChI is InChI=1S/C24H23NO6S/c1-16-12-14-18(15-13-16)32(27,28)25-21(19-10-7-11-20(29-2)22(19)30-3)23(24(25)26)31-17-8-5-4-6-9-17/h4-15,21,23H,1-3H3. The molecule has 0 aromatic heterocycles.